The van der Waals surface area contributed by atoms with E-state index in [2.05, 4.69) is 10.6 Å². The first-order valence-corrected chi connectivity index (χ1v) is 15.6. The number of aliphatic hydroxyl groups is 1. The number of anilines is 1. The number of carboxylic acid groups (broad SMARTS) is 1. The third-order valence-corrected chi connectivity index (χ3v) is 7.74. The van der Waals surface area contributed by atoms with E-state index in [0.29, 0.717) is 80.7 Å². The Labute approximate surface area is 276 Å². The Morgan fingerprint density at radius 3 is 2.23 bits per heavy atom. The topological polar surface area (TPSA) is 157 Å². The minimum Gasteiger partial charge on any atom is -0.502 e. The molecule has 5 rings (SSSR count). The highest BCUT2D eigenvalue weighted by atomic mass is 19.1. The fourth-order valence-electron chi connectivity index (χ4n) is 5.12. The molecule has 0 aliphatic heterocycles. The summed E-state index contributed by atoms with van der Waals surface area (Å²) < 4.78 is 36.6. The second-order valence-electron chi connectivity index (χ2n) is 11.2. The molecule has 1 fully saturated rings. The van der Waals surface area contributed by atoms with Crippen LogP contribution < -0.4 is 10.6 Å². The molecular weight excluding hydrogens is 623 g/mol. The average molecular weight is 661 g/mol. The minimum absolute atomic E-state index is 0.251. The number of ketones is 1. The van der Waals surface area contributed by atoms with Gasteiger partial charge in [0.15, 0.2) is 5.78 Å². The summed E-state index contributed by atoms with van der Waals surface area (Å²) in [7, 11) is 1.57. The zero-order valence-corrected chi connectivity index (χ0v) is 26.4. The molecule has 11 nitrogen and oxygen atoms in total. The maximum Gasteiger partial charge on any atom is 0.371 e. The van der Waals surface area contributed by atoms with Crippen LogP contribution >= 0.6 is 0 Å². The van der Waals surface area contributed by atoms with Gasteiger partial charge in [-0.1, -0.05) is 24.3 Å². The van der Waals surface area contributed by atoms with Crippen molar-refractivity contribution in [1.82, 2.24) is 5.32 Å². The van der Waals surface area contributed by atoms with Crippen LogP contribution in [0.2, 0.25) is 0 Å². The summed E-state index contributed by atoms with van der Waals surface area (Å²) in [5.74, 6) is -3.02. The first-order chi connectivity index (χ1) is 23.2. The standard InChI is InChI=1S/C36H37FN2O9/c1-38-35(42)33-28-18-27(23-6-7-23)29(19-32(28)48-34(33)25-8-10-26(37)11-9-25)39-12-13-45-14-15-46-16-17-47-21-22-2-4-24(5-3-22)30(40)20-31(41)36(43)44/h2-5,8-11,18-20,23,39,41H,6-7,12-17,21H2,1H3,(H,38,42)(H,43,44)/b31-20-. The van der Waals surface area contributed by atoms with Gasteiger partial charge in [-0.05, 0) is 60.2 Å². The third-order valence-electron chi connectivity index (χ3n) is 7.74. The van der Waals surface area contributed by atoms with Crippen molar-refractivity contribution in [2.24, 2.45) is 0 Å². The summed E-state index contributed by atoms with van der Waals surface area (Å²) >= 11 is 0. The third kappa shape index (κ3) is 8.85. The first kappa shape index (κ1) is 34.3. The van der Waals surface area contributed by atoms with Crippen LogP contribution in [0.15, 0.2) is 76.9 Å². The van der Waals surface area contributed by atoms with Gasteiger partial charge in [0.1, 0.15) is 17.2 Å². The van der Waals surface area contributed by atoms with Crippen LogP contribution in [0.1, 0.15) is 50.6 Å². The smallest absolute Gasteiger partial charge is 0.371 e. The van der Waals surface area contributed by atoms with Gasteiger partial charge in [0.25, 0.3) is 5.91 Å². The molecule has 3 aromatic carbocycles. The number of fused-ring (bicyclic) bond motifs is 1. The van der Waals surface area contributed by atoms with E-state index in [0.717, 1.165) is 35.0 Å². The van der Waals surface area contributed by atoms with Gasteiger partial charge >= 0.3 is 5.97 Å². The highest BCUT2D eigenvalue weighted by Crippen LogP contribution is 2.46. The zero-order chi connectivity index (χ0) is 34.0. The summed E-state index contributed by atoms with van der Waals surface area (Å²) in [5.41, 5.74) is 4.74. The zero-order valence-electron chi connectivity index (χ0n) is 26.4. The van der Waals surface area contributed by atoms with Crippen molar-refractivity contribution < 1.29 is 47.6 Å². The molecular formula is C36H37FN2O9. The molecule has 48 heavy (non-hydrogen) atoms. The molecule has 4 aromatic rings. The number of allylic oxidation sites excluding steroid dienone is 1. The molecule has 1 aromatic heterocycles. The molecule has 12 heteroatoms. The molecule has 0 atom stereocenters. The highest BCUT2D eigenvalue weighted by molar-refractivity contribution is 6.12. The molecule has 1 aliphatic carbocycles. The number of nitrogens with one attached hydrogen (secondary N) is 2. The monoisotopic (exact) mass is 660 g/mol. The van der Waals surface area contributed by atoms with Gasteiger partial charge in [0.05, 0.1) is 45.2 Å². The number of carboxylic acids is 1. The summed E-state index contributed by atoms with van der Waals surface area (Å²) in [6, 6.07) is 16.3. The molecule has 252 valence electrons. The maximum atomic E-state index is 13.6. The van der Waals surface area contributed by atoms with E-state index in [1.807, 2.05) is 12.1 Å². The maximum absolute atomic E-state index is 13.6. The number of ether oxygens (including phenoxy) is 3. The fourth-order valence-corrected chi connectivity index (χ4v) is 5.12. The van der Waals surface area contributed by atoms with Crippen molar-refractivity contribution in [2.75, 3.05) is 51.9 Å². The van der Waals surface area contributed by atoms with E-state index in [4.69, 9.17) is 23.7 Å². The van der Waals surface area contributed by atoms with Crippen molar-refractivity contribution in [2.45, 2.75) is 25.4 Å². The Morgan fingerprint density at radius 1 is 0.917 bits per heavy atom. The summed E-state index contributed by atoms with van der Waals surface area (Å²) in [6.07, 6.45) is 2.81. The SMILES string of the molecule is CNC(=O)c1c(-c2ccc(F)cc2)oc2cc(NCCOCCOCCOCc3ccc(C(=O)/C=C(\O)C(=O)O)cc3)c(C3CC3)cc12. The Kier molecular flexibility index (Phi) is 11.6. The number of aliphatic hydroxyl groups excluding tert-OH is 1. The Morgan fingerprint density at radius 2 is 1.58 bits per heavy atom. The number of halogens is 1. The molecule has 1 saturated carbocycles. The van der Waals surface area contributed by atoms with E-state index in [1.165, 1.54) is 24.3 Å². The van der Waals surface area contributed by atoms with Gasteiger partial charge in [-0.2, -0.15) is 0 Å². The van der Waals surface area contributed by atoms with Crippen molar-refractivity contribution in [1.29, 1.82) is 0 Å². The van der Waals surface area contributed by atoms with Crippen molar-refractivity contribution in [3.8, 4) is 11.3 Å². The number of aliphatic carboxylic acids is 1. The number of benzene rings is 3. The van der Waals surface area contributed by atoms with Gasteiger partial charge < -0.3 is 39.5 Å². The van der Waals surface area contributed by atoms with Crippen LogP contribution in [0, 0.1) is 5.82 Å². The normalized spacial score (nSPS) is 13.1. The van der Waals surface area contributed by atoms with Crippen LogP contribution in [0.5, 0.6) is 0 Å². The van der Waals surface area contributed by atoms with Gasteiger partial charge in [-0.3, -0.25) is 9.59 Å². The van der Waals surface area contributed by atoms with Crippen molar-refractivity contribution in [3.63, 3.8) is 0 Å². The van der Waals surface area contributed by atoms with E-state index in [1.54, 1.807) is 31.3 Å². The Hall–Kier alpha value is -5.04. The molecule has 0 saturated heterocycles. The van der Waals surface area contributed by atoms with Gasteiger partial charge in [-0.15, -0.1) is 0 Å². The minimum atomic E-state index is -1.57. The molecule has 0 spiro atoms. The number of amides is 1. The van der Waals surface area contributed by atoms with Crippen molar-refractivity contribution in [3.05, 3.63) is 101 Å². The lowest BCUT2D eigenvalue weighted by Gasteiger charge is -2.13. The largest absolute Gasteiger partial charge is 0.502 e. The van der Waals surface area contributed by atoms with Crippen LogP contribution in [-0.4, -0.2) is 74.5 Å². The molecule has 0 bridgehead atoms. The average Bonchev–Trinajstić information content (AvgIpc) is 3.87. The molecule has 1 heterocycles. The second kappa shape index (κ2) is 16.2. The summed E-state index contributed by atoms with van der Waals surface area (Å²) in [4.78, 5) is 35.5. The van der Waals surface area contributed by atoms with Gasteiger partial charge in [0, 0.05) is 47.9 Å². The lowest BCUT2D eigenvalue weighted by molar-refractivity contribution is -0.135. The number of rotatable bonds is 18. The molecule has 0 radical (unpaired) electrons. The highest BCUT2D eigenvalue weighted by Gasteiger charge is 2.29. The molecule has 4 N–H and O–H groups in total. The summed E-state index contributed by atoms with van der Waals surface area (Å²) in [5, 5.41) is 24.7. The number of furan rings is 1. The quantitative estimate of drug-likeness (QED) is 0.0442. The van der Waals surface area contributed by atoms with Crippen LogP contribution in [0.4, 0.5) is 10.1 Å². The number of hydrogen-bond donors (Lipinski definition) is 4. The Bertz CT molecular complexity index is 1780. The number of carbonyl (C=O) groups is 3. The van der Waals surface area contributed by atoms with E-state index in [-0.39, 0.29) is 17.3 Å². The van der Waals surface area contributed by atoms with E-state index >= 15 is 0 Å². The van der Waals surface area contributed by atoms with Gasteiger partial charge in [-0.25, -0.2) is 9.18 Å². The predicted octanol–water partition coefficient (Wildman–Crippen LogP) is 5.85. The predicted molar refractivity (Wildman–Crippen MR) is 176 cm³/mol. The van der Waals surface area contributed by atoms with E-state index in [9.17, 15) is 23.9 Å². The van der Waals surface area contributed by atoms with E-state index < -0.39 is 17.5 Å². The molecule has 0 unspecified atom stereocenters. The number of hydrogen-bond acceptors (Lipinski definition) is 9. The van der Waals surface area contributed by atoms with Crippen LogP contribution in [0.25, 0.3) is 22.3 Å². The Balaban J connectivity index is 1.04. The van der Waals surface area contributed by atoms with Gasteiger partial charge in [0.2, 0.25) is 5.76 Å². The van der Waals surface area contributed by atoms with Crippen molar-refractivity contribution >= 4 is 34.3 Å². The summed E-state index contributed by atoms with van der Waals surface area (Å²) in [6.45, 7) is 2.87. The molecule has 1 amide bonds. The van der Waals surface area contributed by atoms with Crippen LogP contribution in [-0.2, 0) is 25.6 Å². The molecule has 1 aliphatic rings. The fraction of sp³-hybridized carbons (Fsp3) is 0.306. The van der Waals surface area contributed by atoms with Crippen LogP contribution in [0.3, 0.4) is 0 Å². The number of carbonyl (C=O) groups excluding carboxylic acids is 2. The first-order valence-electron chi connectivity index (χ1n) is 15.6. The lowest BCUT2D eigenvalue weighted by Crippen LogP contribution is -2.18. The lowest BCUT2D eigenvalue weighted by atomic mass is 10.0. The second-order valence-corrected chi connectivity index (χ2v) is 11.2.